The van der Waals surface area contributed by atoms with Crippen molar-refractivity contribution in [1.82, 2.24) is 10.6 Å². The van der Waals surface area contributed by atoms with Crippen molar-refractivity contribution in [1.29, 1.82) is 0 Å². The van der Waals surface area contributed by atoms with Crippen molar-refractivity contribution in [3.05, 3.63) is 35.9 Å². The monoisotopic (exact) mass is 362 g/mol. The average Bonchev–Trinajstić information content (AvgIpc) is 2.65. The largest absolute Gasteiger partial charge is 0.317 e. The highest BCUT2D eigenvalue weighted by atomic mass is 28.1. The Balaban J connectivity index is 1.69. The number of benzene rings is 1. The molecule has 0 atom stereocenters. The molecule has 0 bridgehead atoms. The van der Waals surface area contributed by atoms with Gasteiger partial charge in [-0.05, 0) is 44.5 Å². The zero-order chi connectivity index (χ0) is 17.8. The predicted octanol–water partition coefficient (Wildman–Crippen LogP) is 4.44. The molecule has 0 saturated heterocycles. The molecule has 3 heteroatoms. The molecular formula is C22H42N2Si. The van der Waals surface area contributed by atoms with Gasteiger partial charge in [0.15, 0.2) is 0 Å². The zero-order valence-corrected chi connectivity index (χ0v) is 18.7. The number of nitrogens with one attached hydrogen (secondary N) is 2. The molecule has 1 aromatic carbocycles. The number of rotatable bonds is 18. The molecule has 0 aliphatic heterocycles. The van der Waals surface area contributed by atoms with Crippen molar-refractivity contribution < 1.29 is 0 Å². The maximum absolute atomic E-state index is 3.55. The fraction of sp³-hybridized carbons (Fsp3) is 0.727. The van der Waals surface area contributed by atoms with Gasteiger partial charge in [0, 0.05) is 16.8 Å². The Labute approximate surface area is 160 Å². The smallest absolute Gasteiger partial charge is 0.0205 e. The highest BCUT2D eigenvalue weighted by Gasteiger charge is 1.94. The fourth-order valence-corrected chi connectivity index (χ4v) is 3.52. The number of hydrogen-bond acceptors (Lipinski definition) is 2. The van der Waals surface area contributed by atoms with Crippen LogP contribution in [0.2, 0.25) is 6.04 Å². The third-order valence-electron chi connectivity index (χ3n) is 4.84. The van der Waals surface area contributed by atoms with Gasteiger partial charge in [0.2, 0.25) is 0 Å². The third kappa shape index (κ3) is 15.3. The van der Waals surface area contributed by atoms with Gasteiger partial charge in [0.25, 0.3) is 0 Å². The summed E-state index contributed by atoms with van der Waals surface area (Å²) in [6, 6.07) is 12.1. The summed E-state index contributed by atoms with van der Waals surface area (Å²) in [5.41, 5.74) is 1.39. The van der Waals surface area contributed by atoms with Crippen LogP contribution in [0.5, 0.6) is 0 Å². The van der Waals surface area contributed by atoms with Gasteiger partial charge in [-0.1, -0.05) is 87.7 Å². The quantitative estimate of drug-likeness (QED) is 0.298. The van der Waals surface area contributed by atoms with Crippen LogP contribution in [0.4, 0.5) is 0 Å². The van der Waals surface area contributed by atoms with E-state index in [0.717, 1.165) is 13.1 Å². The molecule has 0 fully saturated rings. The summed E-state index contributed by atoms with van der Waals surface area (Å²) in [5, 5.41) is 7.10. The molecule has 0 aromatic heterocycles. The molecule has 0 unspecified atom stereocenters. The molecule has 25 heavy (non-hydrogen) atoms. The topological polar surface area (TPSA) is 24.1 Å². The molecule has 144 valence electrons. The van der Waals surface area contributed by atoms with E-state index in [-0.39, 0.29) is 0 Å². The molecule has 0 heterocycles. The van der Waals surface area contributed by atoms with Crippen LogP contribution in [0, 0.1) is 0 Å². The lowest BCUT2D eigenvalue weighted by atomic mass is 10.1. The molecule has 0 aliphatic rings. The summed E-state index contributed by atoms with van der Waals surface area (Å²) in [6.45, 7) is 4.64. The maximum atomic E-state index is 3.55. The molecule has 0 saturated carbocycles. The van der Waals surface area contributed by atoms with Crippen molar-refractivity contribution in [3.8, 4) is 0 Å². The van der Waals surface area contributed by atoms with Crippen LogP contribution in [0.15, 0.2) is 30.3 Å². The second-order valence-electron chi connectivity index (χ2n) is 7.30. The van der Waals surface area contributed by atoms with Gasteiger partial charge in [-0.2, -0.15) is 0 Å². The summed E-state index contributed by atoms with van der Waals surface area (Å²) in [7, 11) is 1.36. The Morgan fingerprint density at radius 1 is 0.560 bits per heavy atom. The van der Waals surface area contributed by atoms with E-state index in [1.165, 1.54) is 106 Å². The zero-order valence-electron chi connectivity index (χ0n) is 16.7. The summed E-state index contributed by atoms with van der Waals surface area (Å²) >= 11 is 0. The first-order chi connectivity index (χ1) is 12.4. The predicted molar refractivity (Wildman–Crippen MR) is 117 cm³/mol. The Bertz CT molecular complexity index is 370. The fourth-order valence-electron chi connectivity index (χ4n) is 3.17. The van der Waals surface area contributed by atoms with Gasteiger partial charge >= 0.3 is 0 Å². The number of unbranched alkanes of at least 4 members (excludes halogenated alkanes) is 9. The lowest BCUT2D eigenvalue weighted by molar-refractivity contribution is 0.533. The number of hydrogen-bond donors (Lipinski definition) is 2. The Hall–Kier alpha value is -0.643. The summed E-state index contributed by atoms with van der Waals surface area (Å²) in [4.78, 5) is 0. The van der Waals surface area contributed by atoms with Crippen LogP contribution < -0.4 is 10.6 Å². The summed E-state index contributed by atoms with van der Waals surface area (Å²) in [5.74, 6) is 0. The molecular weight excluding hydrogens is 320 g/mol. The van der Waals surface area contributed by atoms with E-state index in [1.807, 2.05) is 0 Å². The minimum absolute atomic E-state index is 1.01. The first-order valence-corrected chi connectivity index (χ1v) is 12.3. The molecule has 0 radical (unpaired) electrons. The molecule has 0 amide bonds. The third-order valence-corrected chi connectivity index (χ3v) is 5.54. The van der Waals surface area contributed by atoms with Gasteiger partial charge in [0.1, 0.15) is 0 Å². The second-order valence-corrected chi connectivity index (χ2v) is 8.30. The van der Waals surface area contributed by atoms with E-state index in [1.54, 1.807) is 0 Å². The van der Waals surface area contributed by atoms with Crippen LogP contribution in [0.25, 0.3) is 0 Å². The minimum Gasteiger partial charge on any atom is -0.317 e. The SMILES string of the molecule is [SiH3]CCCNCCCCCCCCCCCCNCc1ccccc1. The second kappa shape index (κ2) is 18.2. The first kappa shape index (κ1) is 22.4. The van der Waals surface area contributed by atoms with E-state index in [0.29, 0.717) is 0 Å². The standard InChI is InChI=1S/C22H42N2Si/c25-20-14-19-23-17-12-7-5-3-1-2-4-6-8-13-18-24-21-22-15-10-9-11-16-22/h9-11,15-16,23-24H,1-8,12-14,17-21H2,25H3. The molecule has 2 nitrogen and oxygen atoms in total. The van der Waals surface area contributed by atoms with Gasteiger partial charge in [-0.3, -0.25) is 0 Å². The molecule has 1 rings (SSSR count). The average molecular weight is 363 g/mol. The van der Waals surface area contributed by atoms with Crippen molar-refractivity contribution >= 4 is 10.2 Å². The van der Waals surface area contributed by atoms with Gasteiger partial charge in [-0.25, -0.2) is 0 Å². The van der Waals surface area contributed by atoms with E-state index >= 15 is 0 Å². The van der Waals surface area contributed by atoms with Crippen LogP contribution in [0.1, 0.15) is 76.2 Å². The van der Waals surface area contributed by atoms with E-state index < -0.39 is 0 Å². The Morgan fingerprint density at radius 2 is 1.04 bits per heavy atom. The van der Waals surface area contributed by atoms with Crippen molar-refractivity contribution in [2.75, 3.05) is 19.6 Å². The molecule has 1 aromatic rings. The Kier molecular flexibility index (Phi) is 16.3. The van der Waals surface area contributed by atoms with Crippen molar-refractivity contribution in [3.63, 3.8) is 0 Å². The first-order valence-electron chi connectivity index (χ1n) is 10.9. The van der Waals surface area contributed by atoms with Crippen LogP contribution in [0.3, 0.4) is 0 Å². The molecule has 2 N–H and O–H groups in total. The van der Waals surface area contributed by atoms with Gasteiger partial charge < -0.3 is 10.6 Å². The van der Waals surface area contributed by atoms with E-state index in [2.05, 4.69) is 41.0 Å². The van der Waals surface area contributed by atoms with E-state index in [9.17, 15) is 0 Å². The highest BCUT2D eigenvalue weighted by molar-refractivity contribution is 6.08. The summed E-state index contributed by atoms with van der Waals surface area (Å²) < 4.78 is 0. The summed E-state index contributed by atoms with van der Waals surface area (Å²) in [6.07, 6.45) is 15.5. The highest BCUT2D eigenvalue weighted by Crippen LogP contribution is 2.10. The van der Waals surface area contributed by atoms with Crippen LogP contribution >= 0.6 is 0 Å². The van der Waals surface area contributed by atoms with E-state index in [4.69, 9.17) is 0 Å². The van der Waals surface area contributed by atoms with Crippen molar-refractivity contribution in [2.45, 2.75) is 83.2 Å². The molecule has 0 spiro atoms. The Morgan fingerprint density at radius 3 is 1.60 bits per heavy atom. The van der Waals surface area contributed by atoms with Crippen molar-refractivity contribution in [2.24, 2.45) is 0 Å². The van der Waals surface area contributed by atoms with Crippen LogP contribution in [-0.4, -0.2) is 29.9 Å². The van der Waals surface area contributed by atoms with Gasteiger partial charge in [-0.15, -0.1) is 0 Å². The lowest BCUT2D eigenvalue weighted by Crippen LogP contribution is -2.16. The van der Waals surface area contributed by atoms with Crippen LogP contribution in [-0.2, 0) is 6.54 Å². The normalized spacial score (nSPS) is 11.2. The maximum Gasteiger partial charge on any atom is 0.0205 e. The lowest BCUT2D eigenvalue weighted by Gasteiger charge is -2.05. The minimum atomic E-state index is 1.01. The molecule has 0 aliphatic carbocycles. The van der Waals surface area contributed by atoms with Gasteiger partial charge in [0.05, 0.1) is 0 Å².